The average molecular weight is 405 g/mol. The van der Waals surface area contributed by atoms with Crippen molar-refractivity contribution in [3.05, 3.63) is 61.9 Å². The topological polar surface area (TPSA) is 86.0 Å². The molecule has 9 heteroatoms. The first-order valence-corrected chi connectivity index (χ1v) is 9.39. The number of halogens is 1. The van der Waals surface area contributed by atoms with Crippen LogP contribution in [0.25, 0.3) is 11.0 Å². The fourth-order valence-corrected chi connectivity index (χ4v) is 3.61. The van der Waals surface area contributed by atoms with Crippen molar-refractivity contribution >= 4 is 46.0 Å². The maximum absolute atomic E-state index is 12.5. The Bertz CT molecular complexity index is 1170. The van der Waals surface area contributed by atoms with Gasteiger partial charge in [0, 0.05) is 35.9 Å². The molecular formula is C18H17ClN4O3S. The largest absolute Gasteiger partial charge is 0.332 e. The number of fused-ring (bicyclic) bond motifs is 1. The van der Waals surface area contributed by atoms with Crippen LogP contribution in [0.4, 0.5) is 5.69 Å². The Balaban J connectivity index is 1.85. The van der Waals surface area contributed by atoms with Gasteiger partial charge in [0.2, 0.25) is 5.91 Å². The summed E-state index contributed by atoms with van der Waals surface area (Å²) >= 11 is 7.28. The summed E-state index contributed by atoms with van der Waals surface area (Å²) in [5.41, 5.74) is 0.937. The van der Waals surface area contributed by atoms with E-state index < -0.39 is 11.2 Å². The average Bonchev–Trinajstić information content (AvgIpc) is 2.65. The van der Waals surface area contributed by atoms with E-state index in [0.717, 1.165) is 10.1 Å². The van der Waals surface area contributed by atoms with Crippen molar-refractivity contribution in [2.75, 3.05) is 11.1 Å². The normalized spacial score (nSPS) is 11.0. The number of anilines is 1. The molecule has 1 aromatic carbocycles. The molecule has 0 aliphatic carbocycles. The Labute approximate surface area is 164 Å². The highest BCUT2D eigenvalue weighted by Gasteiger charge is 2.15. The highest BCUT2D eigenvalue weighted by atomic mass is 35.5. The molecule has 1 N–H and O–H groups in total. The fraction of sp³-hybridized carbons (Fsp3) is 0.222. The Morgan fingerprint density at radius 3 is 2.67 bits per heavy atom. The van der Waals surface area contributed by atoms with Crippen LogP contribution in [0, 0.1) is 6.92 Å². The summed E-state index contributed by atoms with van der Waals surface area (Å²) in [5, 5.41) is 3.67. The maximum Gasteiger partial charge on any atom is 0.332 e. The van der Waals surface area contributed by atoms with Gasteiger partial charge >= 0.3 is 5.69 Å². The van der Waals surface area contributed by atoms with Crippen LogP contribution in [0.2, 0.25) is 5.02 Å². The van der Waals surface area contributed by atoms with Gasteiger partial charge in [0.15, 0.2) is 0 Å². The van der Waals surface area contributed by atoms with Gasteiger partial charge in [-0.05, 0) is 30.7 Å². The van der Waals surface area contributed by atoms with Gasteiger partial charge in [-0.1, -0.05) is 17.7 Å². The molecule has 0 saturated heterocycles. The molecule has 2 aromatic heterocycles. The van der Waals surface area contributed by atoms with Gasteiger partial charge in [0.25, 0.3) is 5.56 Å². The molecule has 27 heavy (non-hydrogen) atoms. The van der Waals surface area contributed by atoms with Crippen molar-refractivity contribution in [2.45, 2.75) is 11.8 Å². The second kappa shape index (κ2) is 7.58. The lowest BCUT2D eigenvalue weighted by Crippen LogP contribution is -2.37. The summed E-state index contributed by atoms with van der Waals surface area (Å²) in [6.07, 6.45) is 1.52. The van der Waals surface area contributed by atoms with Crippen LogP contribution < -0.4 is 16.6 Å². The van der Waals surface area contributed by atoms with E-state index in [1.807, 2.05) is 13.0 Å². The zero-order chi connectivity index (χ0) is 19.7. The van der Waals surface area contributed by atoms with E-state index in [4.69, 9.17) is 11.6 Å². The Morgan fingerprint density at radius 2 is 1.96 bits per heavy atom. The van der Waals surface area contributed by atoms with Crippen LogP contribution in [0.5, 0.6) is 0 Å². The Kier molecular flexibility index (Phi) is 5.38. The SMILES string of the molecule is Cc1ccc(NC(=O)CSc2ccnc3c2c(=O)n(C)c(=O)n3C)cc1Cl. The van der Waals surface area contributed by atoms with E-state index in [2.05, 4.69) is 10.3 Å². The third-order valence-electron chi connectivity index (χ3n) is 4.12. The maximum atomic E-state index is 12.5. The van der Waals surface area contributed by atoms with Crippen molar-refractivity contribution in [2.24, 2.45) is 14.1 Å². The number of amides is 1. The van der Waals surface area contributed by atoms with Gasteiger partial charge in [-0.15, -0.1) is 11.8 Å². The van der Waals surface area contributed by atoms with Gasteiger partial charge < -0.3 is 5.32 Å². The molecule has 0 radical (unpaired) electrons. The number of nitrogens with one attached hydrogen (secondary N) is 1. The molecule has 0 aliphatic heterocycles. The Hall–Kier alpha value is -2.58. The van der Waals surface area contributed by atoms with Crippen LogP contribution in [-0.4, -0.2) is 25.8 Å². The van der Waals surface area contributed by atoms with E-state index in [0.29, 0.717) is 26.6 Å². The zero-order valence-corrected chi connectivity index (χ0v) is 16.5. The Morgan fingerprint density at radius 1 is 1.22 bits per heavy atom. The van der Waals surface area contributed by atoms with E-state index >= 15 is 0 Å². The molecule has 3 aromatic rings. The predicted octanol–water partition coefficient (Wildman–Crippen LogP) is 2.32. The van der Waals surface area contributed by atoms with E-state index in [1.165, 1.54) is 29.6 Å². The predicted molar refractivity (Wildman–Crippen MR) is 108 cm³/mol. The second-order valence-corrected chi connectivity index (χ2v) is 7.44. The molecule has 0 aliphatic rings. The summed E-state index contributed by atoms with van der Waals surface area (Å²) < 4.78 is 2.34. The minimum absolute atomic E-state index is 0.0939. The summed E-state index contributed by atoms with van der Waals surface area (Å²) in [4.78, 5) is 41.5. The highest BCUT2D eigenvalue weighted by Crippen LogP contribution is 2.24. The number of rotatable bonds is 4. The molecule has 0 unspecified atom stereocenters. The second-order valence-electron chi connectivity index (χ2n) is 6.01. The van der Waals surface area contributed by atoms with E-state index in [9.17, 15) is 14.4 Å². The van der Waals surface area contributed by atoms with Gasteiger partial charge in [-0.2, -0.15) is 0 Å². The number of benzene rings is 1. The molecule has 7 nitrogen and oxygen atoms in total. The summed E-state index contributed by atoms with van der Waals surface area (Å²) in [6.45, 7) is 1.88. The van der Waals surface area contributed by atoms with Crippen molar-refractivity contribution < 1.29 is 4.79 Å². The molecule has 2 heterocycles. The van der Waals surface area contributed by atoms with Gasteiger partial charge in [0.05, 0.1) is 11.1 Å². The molecule has 1 amide bonds. The molecule has 3 rings (SSSR count). The summed E-state index contributed by atoms with van der Waals surface area (Å²) in [5.74, 6) is -0.136. The molecule has 0 saturated carbocycles. The summed E-state index contributed by atoms with van der Waals surface area (Å²) in [6, 6.07) is 6.95. The zero-order valence-electron chi connectivity index (χ0n) is 14.9. The molecule has 0 atom stereocenters. The van der Waals surface area contributed by atoms with Crippen molar-refractivity contribution in [1.82, 2.24) is 14.1 Å². The van der Waals surface area contributed by atoms with E-state index in [-0.39, 0.29) is 11.7 Å². The van der Waals surface area contributed by atoms with Crippen LogP contribution in [0.3, 0.4) is 0 Å². The lowest BCUT2D eigenvalue weighted by molar-refractivity contribution is -0.113. The van der Waals surface area contributed by atoms with Crippen molar-refractivity contribution in [3.8, 4) is 0 Å². The van der Waals surface area contributed by atoms with Crippen LogP contribution >= 0.6 is 23.4 Å². The third kappa shape index (κ3) is 3.77. The van der Waals surface area contributed by atoms with Crippen LogP contribution in [0.15, 0.2) is 44.9 Å². The van der Waals surface area contributed by atoms with Crippen LogP contribution in [0.1, 0.15) is 5.56 Å². The minimum atomic E-state index is -0.448. The molecule has 0 bridgehead atoms. The monoisotopic (exact) mass is 404 g/mol. The smallest absolute Gasteiger partial charge is 0.325 e. The number of nitrogens with zero attached hydrogens (tertiary/aromatic N) is 3. The van der Waals surface area contributed by atoms with E-state index in [1.54, 1.807) is 25.2 Å². The van der Waals surface area contributed by atoms with Gasteiger partial charge in [-0.25, -0.2) is 9.78 Å². The molecule has 140 valence electrons. The number of hydrogen-bond acceptors (Lipinski definition) is 5. The highest BCUT2D eigenvalue weighted by molar-refractivity contribution is 8.00. The number of pyridine rings is 1. The first-order chi connectivity index (χ1) is 12.8. The number of thioether (sulfide) groups is 1. The van der Waals surface area contributed by atoms with Gasteiger partial charge in [0.1, 0.15) is 5.65 Å². The first-order valence-electron chi connectivity index (χ1n) is 8.03. The van der Waals surface area contributed by atoms with Gasteiger partial charge in [-0.3, -0.25) is 18.7 Å². The quantitative estimate of drug-likeness (QED) is 0.674. The van der Waals surface area contributed by atoms with Crippen LogP contribution in [-0.2, 0) is 18.9 Å². The number of aromatic nitrogens is 3. The number of aryl methyl sites for hydroxylation is 2. The number of carbonyl (C=O) groups is 1. The molecule has 0 fully saturated rings. The first kappa shape index (κ1) is 19.2. The third-order valence-corrected chi connectivity index (χ3v) is 5.58. The lowest BCUT2D eigenvalue weighted by atomic mass is 10.2. The standard InChI is InChI=1S/C18H17ClN4O3S/c1-10-4-5-11(8-12(10)19)21-14(24)9-27-13-6-7-20-16-15(13)17(25)23(3)18(26)22(16)2/h4-8H,9H2,1-3H3,(H,21,24). The number of hydrogen-bond donors (Lipinski definition) is 1. The van der Waals surface area contributed by atoms with Crippen molar-refractivity contribution in [3.63, 3.8) is 0 Å². The number of carbonyl (C=O) groups excluding carboxylic acids is 1. The van der Waals surface area contributed by atoms with Crippen molar-refractivity contribution in [1.29, 1.82) is 0 Å². The molecule has 0 spiro atoms. The summed E-state index contributed by atoms with van der Waals surface area (Å²) in [7, 11) is 2.97. The fourth-order valence-electron chi connectivity index (χ4n) is 2.59. The molecular weight excluding hydrogens is 388 g/mol. The lowest BCUT2D eigenvalue weighted by Gasteiger charge is -2.10. The minimum Gasteiger partial charge on any atom is -0.325 e.